The first-order chi connectivity index (χ1) is 8.88. The van der Waals surface area contributed by atoms with Crippen LogP contribution >= 0.6 is 23.8 Å². The highest BCUT2D eigenvalue weighted by atomic mass is 35.5. The molecule has 0 heterocycles. The lowest BCUT2D eigenvalue weighted by Crippen LogP contribution is -2.40. The van der Waals surface area contributed by atoms with Gasteiger partial charge in [0.15, 0.2) is 0 Å². The Labute approximate surface area is 124 Å². The monoisotopic (exact) mass is 298 g/mol. The van der Waals surface area contributed by atoms with E-state index in [1.807, 2.05) is 38.1 Å². The molecule has 0 aromatic heterocycles. The molecule has 0 radical (unpaired) electrons. The first-order valence-electron chi connectivity index (χ1n) is 6.20. The van der Waals surface area contributed by atoms with Crippen LogP contribution in [0.15, 0.2) is 24.3 Å². The minimum atomic E-state index is -0.394. The minimum Gasteiger partial charge on any atom is -0.393 e. The molecule has 0 saturated heterocycles. The van der Waals surface area contributed by atoms with Gasteiger partial charge in [-0.15, -0.1) is 0 Å². The number of hydrogen-bond acceptors (Lipinski definition) is 2. The number of nitrogens with two attached hydrogens (primary N) is 1. The third-order valence-electron chi connectivity index (χ3n) is 3.33. The lowest BCUT2D eigenvalue weighted by atomic mass is 10.0. The third kappa shape index (κ3) is 3.91. The van der Waals surface area contributed by atoms with Gasteiger partial charge in [0.25, 0.3) is 0 Å². The molecule has 0 aliphatic rings. The molecular weight excluding hydrogens is 280 g/mol. The fourth-order valence-corrected chi connectivity index (χ4v) is 2.29. The Morgan fingerprint density at radius 1 is 1.42 bits per heavy atom. The van der Waals surface area contributed by atoms with Crippen molar-refractivity contribution in [2.24, 2.45) is 11.7 Å². The maximum atomic E-state index is 12.3. The third-order valence-corrected chi connectivity index (χ3v) is 3.87. The first kappa shape index (κ1) is 15.9. The number of amides is 1. The summed E-state index contributed by atoms with van der Waals surface area (Å²) in [6.07, 6.45) is 0.617. The summed E-state index contributed by atoms with van der Waals surface area (Å²) >= 11 is 10.8. The second-order valence-corrected chi connectivity index (χ2v) is 5.45. The number of hydrogen-bond donors (Lipinski definition) is 1. The maximum Gasteiger partial charge on any atom is 0.232 e. The summed E-state index contributed by atoms with van der Waals surface area (Å²) in [5, 5.41) is 0.680. The van der Waals surface area contributed by atoms with Crippen LogP contribution in [0.25, 0.3) is 0 Å². The Morgan fingerprint density at radius 3 is 2.37 bits per heavy atom. The Balaban J connectivity index is 2.87. The molecule has 0 fully saturated rings. The van der Waals surface area contributed by atoms with E-state index < -0.39 is 5.92 Å². The van der Waals surface area contributed by atoms with Crippen molar-refractivity contribution in [3.05, 3.63) is 34.9 Å². The number of halogens is 1. The highest BCUT2D eigenvalue weighted by Crippen LogP contribution is 2.23. The molecule has 0 saturated carbocycles. The van der Waals surface area contributed by atoms with E-state index in [2.05, 4.69) is 0 Å². The Kier molecular flexibility index (Phi) is 5.76. The Morgan fingerprint density at radius 2 is 1.95 bits per heavy atom. The Hall–Kier alpha value is -1.13. The van der Waals surface area contributed by atoms with Crippen molar-refractivity contribution in [3.63, 3.8) is 0 Å². The van der Waals surface area contributed by atoms with E-state index in [9.17, 15) is 4.79 Å². The molecular formula is C14H19ClN2OS. The van der Waals surface area contributed by atoms with Crippen LogP contribution < -0.4 is 5.73 Å². The van der Waals surface area contributed by atoms with E-state index in [0.717, 1.165) is 5.56 Å². The number of benzene rings is 1. The molecule has 0 aliphatic carbocycles. The summed E-state index contributed by atoms with van der Waals surface area (Å²) in [5.74, 6) is -0.438. The van der Waals surface area contributed by atoms with E-state index in [4.69, 9.17) is 29.6 Å². The van der Waals surface area contributed by atoms with Crippen molar-refractivity contribution < 1.29 is 4.79 Å². The van der Waals surface area contributed by atoms with Crippen LogP contribution in [0.5, 0.6) is 0 Å². The van der Waals surface area contributed by atoms with Crippen LogP contribution in [0, 0.1) is 5.92 Å². The largest absolute Gasteiger partial charge is 0.393 e. The topological polar surface area (TPSA) is 46.3 Å². The highest BCUT2D eigenvalue weighted by molar-refractivity contribution is 7.80. The zero-order valence-corrected chi connectivity index (χ0v) is 13.0. The second-order valence-electron chi connectivity index (χ2n) is 4.54. The summed E-state index contributed by atoms with van der Waals surface area (Å²) in [7, 11) is 1.77. The summed E-state index contributed by atoms with van der Waals surface area (Å²) in [6.45, 7) is 3.87. The molecule has 1 aromatic rings. The van der Waals surface area contributed by atoms with Gasteiger partial charge in [-0.05, 0) is 31.0 Å². The van der Waals surface area contributed by atoms with Gasteiger partial charge in [0.2, 0.25) is 5.91 Å². The van der Waals surface area contributed by atoms with E-state index in [-0.39, 0.29) is 16.9 Å². The zero-order valence-electron chi connectivity index (χ0n) is 11.4. The van der Waals surface area contributed by atoms with Gasteiger partial charge in [-0.1, -0.05) is 42.9 Å². The molecule has 1 rings (SSSR count). The predicted octanol–water partition coefficient (Wildman–Crippen LogP) is 3.17. The zero-order chi connectivity index (χ0) is 14.6. The number of carbonyl (C=O) groups is 1. The van der Waals surface area contributed by atoms with Crippen LogP contribution in [0.2, 0.25) is 5.02 Å². The molecule has 2 atom stereocenters. The summed E-state index contributed by atoms with van der Waals surface area (Å²) in [4.78, 5) is 14.3. The van der Waals surface area contributed by atoms with Gasteiger partial charge in [-0.2, -0.15) is 0 Å². The van der Waals surface area contributed by atoms with Crippen LogP contribution in [0.1, 0.15) is 31.9 Å². The Bertz CT molecular complexity index is 461. The average Bonchev–Trinajstić information content (AvgIpc) is 2.38. The van der Waals surface area contributed by atoms with Crippen molar-refractivity contribution in [1.29, 1.82) is 0 Å². The fourth-order valence-electron chi connectivity index (χ4n) is 1.90. The van der Waals surface area contributed by atoms with E-state index in [1.54, 1.807) is 11.9 Å². The molecule has 1 amide bonds. The van der Waals surface area contributed by atoms with Gasteiger partial charge in [-0.3, -0.25) is 4.79 Å². The normalized spacial score (nSPS) is 13.7. The lowest BCUT2D eigenvalue weighted by molar-refractivity contribution is -0.134. The maximum absolute atomic E-state index is 12.3. The number of rotatable bonds is 5. The average molecular weight is 299 g/mol. The van der Waals surface area contributed by atoms with Crippen LogP contribution in [0.3, 0.4) is 0 Å². The molecule has 19 heavy (non-hydrogen) atoms. The van der Waals surface area contributed by atoms with Crippen molar-refractivity contribution in [2.75, 3.05) is 7.05 Å². The molecule has 0 aliphatic heterocycles. The van der Waals surface area contributed by atoms with Gasteiger partial charge < -0.3 is 10.6 Å². The van der Waals surface area contributed by atoms with Crippen LogP contribution in [0.4, 0.5) is 0 Å². The number of thiocarbonyl (C=S) groups is 1. The first-order valence-corrected chi connectivity index (χ1v) is 6.98. The smallest absolute Gasteiger partial charge is 0.232 e. The molecule has 2 N–H and O–H groups in total. The fraction of sp³-hybridized carbons (Fsp3) is 0.429. The van der Waals surface area contributed by atoms with Crippen molar-refractivity contribution in [3.8, 4) is 0 Å². The quantitative estimate of drug-likeness (QED) is 0.849. The molecule has 0 bridgehead atoms. The van der Waals surface area contributed by atoms with Crippen molar-refractivity contribution >= 4 is 34.7 Å². The predicted molar refractivity (Wildman–Crippen MR) is 83.2 cm³/mol. The minimum absolute atomic E-state index is 0.0440. The SMILES string of the molecule is CCC(C(=O)N(C)C(C)c1ccc(Cl)cc1)C(N)=S. The van der Waals surface area contributed by atoms with Crippen molar-refractivity contribution in [2.45, 2.75) is 26.3 Å². The van der Waals surface area contributed by atoms with Gasteiger partial charge in [0.1, 0.15) is 0 Å². The molecule has 2 unspecified atom stereocenters. The molecule has 104 valence electrons. The van der Waals surface area contributed by atoms with Gasteiger partial charge in [-0.25, -0.2) is 0 Å². The summed E-state index contributed by atoms with van der Waals surface area (Å²) in [5.41, 5.74) is 6.64. The second kappa shape index (κ2) is 6.87. The van der Waals surface area contributed by atoms with E-state index in [1.165, 1.54) is 0 Å². The van der Waals surface area contributed by atoms with E-state index in [0.29, 0.717) is 11.4 Å². The summed E-state index contributed by atoms with van der Waals surface area (Å²) < 4.78 is 0. The highest BCUT2D eigenvalue weighted by Gasteiger charge is 2.26. The van der Waals surface area contributed by atoms with Gasteiger partial charge >= 0.3 is 0 Å². The van der Waals surface area contributed by atoms with Gasteiger partial charge in [0, 0.05) is 12.1 Å². The molecule has 1 aromatic carbocycles. The number of carbonyl (C=O) groups excluding carboxylic acids is 1. The standard InChI is InChI=1S/C14H19ClN2OS/c1-4-12(13(16)19)14(18)17(3)9(2)10-5-7-11(15)8-6-10/h5-9,12H,4H2,1-3H3,(H2,16,19). The molecule has 5 heteroatoms. The van der Waals surface area contributed by atoms with Crippen LogP contribution in [-0.4, -0.2) is 22.8 Å². The van der Waals surface area contributed by atoms with Gasteiger partial charge in [0.05, 0.1) is 16.9 Å². The molecule has 3 nitrogen and oxygen atoms in total. The van der Waals surface area contributed by atoms with E-state index >= 15 is 0 Å². The van der Waals surface area contributed by atoms with Crippen LogP contribution in [-0.2, 0) is 4.79 Å². The number of nitrogens with zero attached hydrogens (tertiary/aromatic N) is 1. The van der Waals surface area contributed by atoms with Crippen molar-refractivity contribution in [1.82, 2.24) is 4.90 Å². The lowest BCUT2D eigenvalue weighted by Gasteiger charge is -2.28. The molecule has 0 spiro atoms. The summed E-state index contributed by atoms with van der Waals surface area (Å²) in [6, 6.07) is 7.41.